The second-order valence-electron chi connectivity index (χ2n) is 2.96. The van der Waals surface area contributed by atoms with Crippen molar-refractivity contribution in [2.24, 2.45) is 0 Å². The van der Waals surface area contributed by atoms with Gasteiger partial charge in [0.15, 0.2) is 0 Å². The number of hydrogen-bond acceptors (Lipinski definition) is 2. The maximum atomic E-state index is 10.1. The van der Waals surface area contributed by atoms with E-state index in [1.165, 1.54) is 19.3 Å². The molecule has 0 aromatic heterocycles. The van der Waals surface area contributed by atoms with Crippen molar-refractivity contribution in [3.63, 3.8) is 0 Å². The van der Waals surface area contributed by atoms with Crippen molar-refractivity contribution in [1.82, 2.24) is 0 Å². The summed E-state index contributed by atoms with van der Waals surface area (Å²) in [5, 5.41) is 8.32. The average Bonchev–Trinajstić information content (AvgIpc) is 2.19. The molecule has 0 spiro atoms. The molecule has 78 valence electrons. The van der Waals surface area contributed by atoms with Crippen molar-refractivity contribution in [3.05, 3.63) is 6.92 Å². The Hall–Kier alpha value is 0.0274. The number of carbonyl (C=O) groups is 1. The first-order chi connectivity index (χ1) is 6.29. The van der Waals surface area contributed by atoms with Crippen molar-refractivity contribution in [3.8, 4) is 0 Å². The normalized spacial score (nSPS) is 16.1. The minimum Gasteiger partial charge on any atom is -0.480 e. The Morgan fingerprint density at radius 2 is 1.86 bits per heavy atom. The quantitative estimate of drug-likeness (QED) is 0.475. The summed E-state index contributed by atoms with van der Waals surface area (Å²) < 4.78 is 5.14. The predicted molar refractivity (Wildman–Crippen MR) is 51.5 cm³/mol. The summed E-state index contributed by atoms with van der Waals surface area (Å²) in [6.07, 6.45) is 5.92. The average molecular weight is 194 g/mol. The van der Waals surface area contributed by atoms with Gasteiger partial charge in [-0.05, 0) is 12.8 Å². The van der Waals surface area contributed by atoms with E-state index in [1.807, 2.05) is 0 Å². The van der Waals surface area contributed by atoms with Crippen LogP contribution in [0, 0.1) is 6.92 Å². The summed E-state index contributed by atoms with van der Waals surface area (Å²) in [6.45, 7) is 4.87. The van der Waals surface area contributed by atoms with Gasteiger partial charge < -0.3 is 16.8 Å². The van der Waals surface area contributed by atoms with Gasteiger partial charge in [0.2, 0.25) is 0 Å². The molecule has 1 aliphatic rings. The molecule has 1 saturated carbocycles. The van der Waals surface area contributed by atoms with E-state index < -0.39 is 5.97 Å². The van der Waals surface area contributed by atoms with Crippen LogP contribution in [0.3, 0.4) is 0 Å². The first-order valence-corrected chi connectivity index (χ1v) is 4.83. The SMILES string of the molecule is O=C(O)COC1CCCCC1.[CH2-]C.[Li+]. The molecule has 1 fully saturated rings. The van der Waals surface area contributed by atoms with E-state index in [9.17, 15) is 4.79 Å². The van der Waals surface area contributed by atoms with Gasteiger partial charge in [0.1, 0.15) is 6.61 Å². The van der Waals surface area contributed by atoms with Crippen LogP contribution in [0.2, 0.25) is 0 Å². The van der Waals surface area contributed by atoms with Crippen LogP contribution < -0.4 is 18.9 Å². The van der Waals surface area contributed by atoms with Crippen molar-refractivity contribution in [1.29, 1.82) is 0 Å². The maximum absolute atomic E-state index is 10.1. The summed E-state index contributed by atoms with van der Waals surface area (Å²) in [7, 11) is 0. The standard InChI is InChI=1S/C8H14O3.C2H5.Li/c9-8(10)6-11-7-4-2-1-3-5-7;1-2;/h7H,1-6H2,(H,9,10);1H2,2H3;/q;-1;+1. The fourth-order valence-corrected chi connectivity index (χ4v) is 1.42. The van der Waals surface area contributed by atoms with E-state index in [2.05, 4.69) is 6.92 Å². The molecule has 1 N–H and O–H groups in total. The van der Waals surface area contributed by atoms with Crippen LogP contribution in [0.5, 0.6) is 0 Å². The molecule has 0 aromatic carbocycles. The Morgan fingerprint density at radius 3 is 2.29 bits per heavy atom. The van der Waals surface area contributed by atoms with Gasteiger partial charge in [-0.15, -0.1) is 0 Å². The van der Waals surface area contributed by atoms with E-state index in [0.717, 1.165) is 12.8 Å². The number of ether oxygens (including phenoxy) is 1. The first kappa shape index (κ1) is 16.5. The largest absolute Gasteiger partial charge is 1.00 e. The molecule has 1 aliphatic carbocycles. The first-order valence-electron chi connectivity index (χ1n) is 4.83. The van der Waals surface area contributed by atoms with E-state index >= 15 is 0 Å². The third-order valence-corrected chi connectivity index (χ3v) is 1.99. The predicted octanol–water partition coefficient (Wildman–Crippen LogP) is -0.735. The van der Waals surface area contributed by atoms with Crippen molar-refractivity contribution in [2.45, 2.75) is 45.1 Å². The Balaban J connectivity index is 0. The molecule has 1 rings (SSSR count). The van der Waals surface area contributed by atoms with E-state index in [4.69, 9.17) is 9.84 Å². The molecule has 0 aromatic rings. The monoisotopic (exact) mass is 194 g/mol. The Morgan fingerprint density at radius 1 is 1.36 bits per heavy atom. The van der Waals surface area contributed by atoms with Gasteiger partial charge >= 0.3 is 24.8 Å². The Labute approximate surface area is 98.4 Å². The van der Waals surface area contributed by atoms with Gasteiger partial charge in [-0.3, -0.25) is 0 Å². The van der Waals surface area contributed by atoms with Crippen molar-refractivity contribution >= 4 is 5.97 Å². The van der Waals surface area contributed by atoms with E-state index in [-0.39, 0.29) is 31.6 Å². The van der Waals surface area contributed by atoms with Crippen molar-refractivity contribution < 1.29 is 33.5 Å². The topological polar surface area (TPSA) is 46.5 Å². The van der Waals surface area contributed by atoms with Crippen LogP contribution in [0.25, 0.3) is 0 Å². The fourth-order valence-electron chi connectivity index (χ4n) is 1.42. The van der Waals surface area contributed by atoms with Gasteiger partial charge in [0.05, 0.1) is 6.10 Å². The molecular formula is C10H19LiO3. The van der Waals surface area contributed by atoms with Crippen LogP contribution in [-0.4, -0.2) is 23.8 Å². The molecule has 0 atom stereocenters. The van der Waals surface area contributed by atoms with Gasteiger partial charge in [0, 0.05) is 0 Å². The molecule has 0 heterocycles. The van der Waals surface area contributed by atoms with Gasteiger partial charge in [-0.2, -0.15) is 6.92 Å². The van der Waals surface area contributed by atoms with E-state index in [0.29, 0.717) is 0 Å². The molecule has 0 unspecified atom stereocenters. The summed E-state index contributed by atoms with van der Waals surface area (Å²) in [5.74, 6) is -0.865. The molecule has 3 nitrogen and oxygen atoms in total. The number of hydrogen-bond donors (Lipinski definition) is 1. The van der Waals surface area contributed by atoms with Crippen molar-refractivity contribution in [2.75, 3.05) is 6.61 Å². The fraction of sp³-hybridized carbons (Fsp3) is 0.800. The van der Waals surface area contributed by atoms with E-state index in [1.54, 1.807) is 6.92 Å². The summed E-state index contributed by atoms with van der Waals surface area (Å²) in [4.78, 5) is 10.1. The number of carboxylic acids is 1. The number of rotatable bonds is 3. The third kappa shape index (κ3) is 8.62. The Bertz CT molecular complexity index is 133. The second-order valence-corrected chi connectivity index (χ2v) is 2.96. The maximum Gasteiger partial charge on any atom is 1.00 e. The Kier molecular flexibility index (Phi) is 13.1. The molecule has 0 saturated heterocycles. The number of aliphatic carboxylic acids is 1. The minimum absolute atomic E-state index is 0. The van der Waals surface area contributed by atoms with Crippen LogP contribution in [0.1, 0.15) is 39.0 Å². The summed E-state index contributed by atoms with van der Waals surface area (Å²) >= 11 is 0. The molecule has 0 bridgehead atoms. The van der Waals surface area contributed by atoms with Crippen LogP contribution in [0.4, 0.5) is 0 Å². The minimum atomic E-state index is -0.865. The third-order valence-electron chi connectivity index (χ3n) is 1.99. The second kappa shape index (κ2) is 11.1. The molecule has 14 heavy (non-hydrogen) atoms. The summed E-state index contributed by atoms with van der Waals surface area (Å²) in [5.41, 5.74) is 0. The summed E-state index contributed by atoms with van der Waals surface area (Å²) in [6, 6.07) is 0. The smallest absolute Gasteiger partial charge is 0.480 e. The van der Waals surface area contributed by atoms with Crippen LogP contribution >= 0.6 is 0 Å². The zero-order chi connectivity index (χ0) is 10.1. The molecule has 4 heteroatoms. The zero-order valence-electron chi connectivity index (χ0n) is 9.29. The van der Waals surface area contributed by atoms with Crippen LogP contribution in [-0.2, 0) is 9.53 Å². The molecule has 0 radical (unpaired) electrons. The number of carboxylic acid groups (broad SMARTS) is 1. The molecular weight excluding hydrogens is 175 g/mol. The van der Waals surface area contributed by atoms with Gasteiger partial charge in [-0.25, -0.2) is 4.79 Å². The van der Waals surface area contributed by atoms with Crippen LogP contribution in [0.15, 0.2) is 0 Å². The molecule has 0 amide bonds. The van der Waals surface area contributed by atoms with Gasteiger partial charge in [0.25, 0.3) is 0 Å². The molecule has 0 aliphatic heterocycles. The zero-order valence-corrected chi connectivity index (χ0v) is 9.29. The van der Waals surface area contributed by atoms with Gasteiger partial charge in [-0.1, -0.05) is 19.3 Å².